The zero-order valence-electron chi connectivity index (χ0n) is 9.45. The summed E-state index contributed by atoms with van der Waals surface area (Å²) >= 11 is 1.75. The average Bonchev–Trinajstić information content (AvgIpc) is 2.38. The van der Waals surface area contributed by atoms with Crippen molar-refractivity contribution >= 4 is 35.7 Å². The van der Waals surface area contributed by atoms with Gasteiger partial charge in [-0.1, -0.05) is 0 Å². The molecule has 8 heteroatoms. The predicted molar refractivity (Wildman–Crippen MR) is 65.6 cm³/mol. The Hall–Kier alpha value is -0.440. The lowest BCUT2D eigenvalue weighted by Gasteiger charge is -2.34. The molecule has 0 radical (unpaired) electrons. The Morgan fingerprint density at radius 3 is 2.76 bits per heavy atom. The van der Waals surface area contributed by atoms with E-state index in [2.05, 4.69) is 0 Å². The maximum absolute atomic E-state index is 11.4. The summed E-state index contributed by atoms with van der Waals surface area (Å²) < 4.78 is 3.20. The second kappa shape index (κ2) is 5.47. The Morgan fingerprint density at radius 2 is 2.35 bits per heavy atom. The molecular formula is C9H15NO5S2. The molecule has 1 heterocycles. The number of carboxylic acids is 1. The molecule has 1 aliphatic heterocycles. The van der Waals surface area contributed by atoms with Crippen LogP contribution in [0.1, 0.15) is 13.3 Å². The standard InChI is InChI=1S/C9H15NO5S2/c1-4(11)9(8(13)14)6(16-2)3-5(10)7(12)15-17-9/h4-6,11H,3,10H2,1-2H3,(H,13,14). The monoisotopic (exact) mass is 281 g/mol. The summed E-state index contributed by atoms with van der Waals surface area (Å²) in [7, 11) is 0. The molecule has 1 aliphatic rings. The molecule has 1 rings (SSSR count). The molecule has 4 unspecified atom stereocenters. The van der Waals surface area contributed by atoms with Gasteiger partial charge in [0.15, 0.2) is 4.75 Å². The number of carboxylic acid groups (broad SMARTS) is 1. The van der Waals surface area contributed by atoms with Crippen molar-refractivity contribution in [3.05, 3.63) is 0 Å². The number of rotatable bonds is 3. The van der Waals surface area contributed by atoms with Crippen molar-refractivity contribution in [1.82, 2.24) is 0 Å². The molecule has 98 valence electrons. The van der Waals surface area contributed by atoms with Crippen LogP contribution >= 0.6 is 23.8 Å². The van der Waals surface area contributed by atoms with E-state index < -0.39 is 34.1 Å². The number of aliphatic hydroxyl groups is 1. The van der Waals surface area contributed by atoms with Crippen molar-refractivity contribution in [3.8, 4) is 0 Å². The molecule has 0 aromatic carbocycles. The van der Waals surface area contributed by atoms with Crippen LogP contribution in [0.25, 0.3) is 0 Å². The van der Waals surface area contributed by atoms with Crippen molar-refractivity contribution < 1.29 is 24.0 Å². The van der Waals surface area contributed by atoms with Gasteiger partial charge in [-0.3, -0.25) is 4.79 Å². The highest BCUT2D eigenvalue weighted by Crippen LogP contribution is 2.43. The third-order valence-corrected chi connectivity index (χ3v) is 5.36. The van der Waals surface area contributed by atoms with E-state index in [-0.39, 0.29) is 6.42 Å². The van der Waals surface area contributed by atoms with Gasteiger partial charge in [0.2, 0.25) is 0 Å². The summed E-state index contributed by atoms with van der Waals surface area (Å²) in [6.45, 7) is 1.37. The van der Waals surface area contributed by atoms with Gasteiger partial charge in [0.1, 0.15) is 6.04 Å². The van der Waals surface area contributed by atoms with Crippen LogP contribution in [0.15, 0.2) is 0 Å². The Kier molecular flexibility index (Phi) is 4.70. The zero-order chi connectivity index (χ0) is 13.2. The van der Waals surface area contributed by atoms with Crippen LogP contribution in [0.5, 0.6) is 0 Å². The first-order chi connectivity index (χ1) is 7.86. The highest BCUT2D eigenvalue weighted by Gasteiger charge is 2.55. The Bertz CT molecular complexity index is 325. The molecule has 0 saturated carbocycles. The molecule has 0 aliphatic carbocycles. The van der Waals surface area contributed by atoms with E-state index in [0.717, 1.165) is 0 Å². The third kappa shape index (κ3) is 2.54. The second-order valence-electron chi connectivity index (χ2n) is 3.83. The number of nitrogens with two attached hydrogens (primary N) is 1. The Balaban J connectivity index is 3.16. The van der Waals surface area contributed by atoms with Crippen LogP contribution in [0.3, 0.4) is 0 Å². The Labute approximate surface area is 107 Å². The molecular weight excluding hydrogens is 266 g/mol. The number of carbonyl (C=O) groups excluding carboxylic acids is 1. The number of hydrogen-bond donors (Lipinski definition) is 3. The van der Waals surface area contributed by atoms with Gasteiger partial charge in [-0.05, 0) is 19.6 Å². The highest BCUT2D eigenvalue weighted by atomic mass is 32.2. The minimum absolute atomic E-state index is 0.157. The van der Waals surface area contributed by atoms with Crippen LogP contribution in [-0.2, 0) is 13.8 Å². The van der Waals surface area contributed by atoms with Crippen molar-refractivity contribution in [3.63, 3.8) is 0 Å². The first-order valence-electron chi connectivity index (χ1n) is 4.95. The molecule has 0 aromatic rings. The fourth-order valence-corrected chi connectivity index (χ4v) is 3.90. The first-order valence-corrected chi connectivity index (χ1v) is 6.98. The van der Waals surface area contributed by atoms with Crippen molar-refractivity contribution in [2.24, 2.45) is 5.73 Å². The van der Waals surface area contributed by atoms with Crippen LogP contribution in [0.2, 0.25) is 0 Å². The zero-order valence-corrected chi connectivity index (χ0v) is 11.1. The van der Waals surface area contributed by atoms with Crippen LogP contribution in [-0.4, -0.2) is 50.6 Å². The molecule has 17 heavy (non-hydrogen) atoms. The number of aliphatic carboxylic acids is 1. The quantitative estimate of drug-likeness (QED) is 0.612. The topological polar surface area (TPSA) is 110 Å². The van der Waals surface area contributed by atoms with Gasteiger partial charge in [-0.25, -0.2) is 4.79 Å². The van der Waals surface area contributed by atoms with Gasteiger partial charge in [0.05, 0.1) is 18.1 Å². The fraction of sp³-hybridized carbons (Fsp3) is 0.778. The van der Waals surface area contributed by atoms with Gasteiger partial charge in [-0.2, -0.15) is 11.8 Å². The van der Waals surface area contributed by atoms with E-state index in [1.165, 1.54) is 18.7 Å². The molecule has 0 spiro atoms. The Morgan fingerprint density at radius 1 is 1.76 bits per heavy atom. The summed E-state index contributed by atoms with van der Waals surface area (Å²) in [4.78, 5) is 22.8. The number of hydrogen-bond acceptors (Lipinski definition) is 7. The van der Waals surface area contributed by atoms with Gasteiger partial charge in [0.25, 0.3) is 0 Å². The average molecular weight is 281 g/mol. The maximum Gasteiger partial charge on any atom is 0.335 e. The lowest BCUT2D eigenvalue weighted by molar-refractivity contribution is -0.142. The molecule has 6 nitrogen and oxygen atoms in total. The second-order valence-corrected chi connectivity index (χ2v) is 5.88. The van der Waals surface area contributed by atoms with E-state index in [1.54, 1.807) is 6.26 Å². The van der Waals surface area contributed by atoms with Crippen LogP contribution in [0.4, 0.5) is 0 Å². The van der Waals surface area contributed by atoms with E-state index >= 15 is 0 Å². The van der Waals surface area contributed by atoms with Crippen molar-refractivity contribution in [2.75, 3.05) is 6.26 Å². The molecule has 0 bridgehead atoms. The molecule has 0 amide bonds. The van der Waals surface area contributed by atoms with E-state index in [0.29, 0.717) is 12.0 Å². The van der Waals surface area contributed by atoms with E-state index in [9.17, 15) is 19.8 Å². The highest BCUT2D eigenvalue weighted by molar-refractivity contribution is 8.02. The summed E-state index contributed by atoms with van der Waals surface area (Å²) in [5, 5.41) is 18.6. The molecule has 0 aromatic heterocycles. The van der Waals surface area contributed by atoms with Crippen LogP contribution < -0.4 is 5.73 Å². The summed E-state index contributed by atoms with van der Waals surface area (Å²) in [5.74, 6) is -1.86. The number of thioether (sulfide) groups is 1. The van der Waals surface area contributed by atoms with Gasteiger partial charge in [-0.15, -0.1) is 0 Å². The smallest absolute Gasteiger partial charge is 0.335 e. The first kappa shape index (κ1) is 14.6. The molecule has 1 saturated heterocycles. The predicted octanol–water partition coefficient (Wildman–Crippen LogP) is -0.155. The molecule has 4 N–H and O–H groups in total. The minimum Gasteiger partial charge on any atom is -0.480 e. The number of aliphatic hydroxyl groups excluding tert-OH is 1. The van der Waals surface area contributed by atoms with Gasteiger partial charge < -0.3 is 20.1 Å². The fourth-order valence-electron chi connectivity index (χ4n) is 1.69. The van der Waals surface area contributed by atoms with Gasteiger partial charge >= 0.3 is 11.9 Å². The van der Waals surface area contributed by atoms with Crippen LogP contribution in [0, 0.1) is 0 Å². The molecule has 4 atom stereocenters. The van der Waals surface area contributed by atoms with E-state index in [4.69, 9.17) is 9.92 Å². The van der Waals surface area contributed by atoms with E-state index in [1.807, 2.05) is 0 Å². The van der Waals surface area contributed by atoms with Crippen molar-refractivity contribution in [2.45, 2.75) is 35.5 Å². The summed E-state index contributed by atoms with van der Waals surface area (Å²) in [6.07, 6.45) is 0.707. The maximum atomic E-state index is 11.4. The SMILES string of the molecule is CSC1CC(N)C(=O)OSC1(C(=O)O)C(C)O. The van der Waals surface area contributed by atoms with Gasteiger partial charge in [0, 0.05) is 5.25 Å². The normalized spacial score (nSPS) is 35.9. The summed E-state index contributed by atoms with van der Waals surface area (Å²) in [5.41, 5.74) is 5.59. The third-order valence-electron chi connectivity index (χ3n) is 2.75. The summed E-state index contributed by atoms with van der Waals surface area (Å²) in [6, 6.07) is -0.861. The lowest BCUT2D eigenvalue weighted by atomic mass is 9.93. The minimum atomic E-state index is -1.58. The largest absolute Gasteiger partial charge is 0.480 e. The number of carbonyl (C=O) groups is 2. The van der Waals surface area contributed by atoms with Crippen molar-refractivity contribution in [1.29, 1.82) is 0 Å². The molecule has 1 fully saturated rings. The lowest BCUT2D eigenvalue weighted by Crippen LogP contribution is -2.53.